The number of aromatic nitrogens is 2. The Labute approximate surface area is 108 Å². The highest BCUT2D eigenvalue weighted by Gasteiger charge is 2.14. The molecule has 7 heteroatoms. The second kappa shape index (κ2) is 5.75. The summed E-state index contributed by atoms with van der Waals surface area (Å²) in [5.41, 5.74) is 6.02. The zero-order valence-electron chi connectivity index (χ0n) is 10.2. The maximum Gasteiger partial charge on any atom is 0.387 e. The van der Waals surface area contributed by atoms with Crippen molar-refractivity contribution in [3.63, 3.8) is 0 Å². The van der Waals surface area contributed by atoms with Crippen LogP contribution >= 0.6 is 0 Å². The van der Waals surface area contributed by atoms with Crippen molar-refractivity contribution in [1.29, 1.82) is 0 Å². The molecule has 2 aromatic rings. The normalized spacial score (nSPS) is 12.7. The van der Waals surface area contributed by atoms with Crippen molar-refractivity contribution < 1.29 is 18.0 Å². The van der Waals surface area contributed by atoms with Gasteiger partial charge in [-0.25, -0.2) is 0 Å². The Morgan fingerprint density at radius 3 is 2.89 bits per heavy atom. The van der Waals surface area contributed by atoms with Gasteiger partial charge in [0.15, 0.2) is 5.82 Å². The molecule has 19 heavy (non-hydrogen) atoms. The van der Waals surface area contributed by atoms with Crippen LogP contribution in [0.4, 0.5) is 8.78 Å². The second-order valence-electron chi connectivity index (χ2n) is 4.00. The minimum atomic E-state index is -2.87. The van der Waals surface area contributed by atoms with Crippen molar-refractivity contribution in [2.75, 3.05) is 6.54 Å². The van der Waals surface area contributed by atoms with Crippen molar-refractivity contribution in [2.24, 2.45) is 5.73 Å². The molecule has 1 atom stereocenters. The van der Waals surface area contributed by atoms with E-state index in [1.165, 1.54) is 12.1 Å². The first-order valence-electron chi connectivity index (χ1n) is 5.69. The third kappa shape index (κ3) is 3.25. The minimum Gasteiger partial charge on any atom is -0.435 e. The molecule has 1 aromatic carbocycles. The van der Waals surface area contributed by atoms with E-state index in [0.29, 0.717) is 17.9 Å². The largest absolute Gasteiger partial charge is 0.435 e. The fourth-order valence-electron chi connectivity index (χ4n) is 1.46. The minimum absolute atomic E-state index is 0.0296. The number of hydrogen-bond donors (Lipinski definition) is 1. The van der Waals surface area contributed by atoms with Crippen molar-refractivity contribution in [1.82, 2.24) is 10.1 Å². The number of benzene rings is 1. The maximum atomic E-state index is 12.1. The summed E-state index contributed by atoms with van der Waals surface area (Å²) in [6.45, 7) is -0.607. The number of hydrogen-bond acceptors (Lipinski definition) is 5. The van der Waals surface area contributed by atoms with Crippen molar-refractivity contribution >= 4 is 0 Å². The molecule has 102 valence electrons. The number of rotatable bonds is 5. The van der Waals surface area contributed by atoms with Crippen LogP contribution in [0.25, 0.3) is 11.5 Å². The molecular weight excluding hydrogens is 256 g/mol. The molecule has 0 spiro atoms. The summed E-state index contributed by atoms with van der Waals surface area (Å²) in [7, 11) is 0. The molecule has 0 amide bonds. The smallest absolute Gasteiger partial charge is 0.387 e. The first-order valence-corrected chi connectivity index (χ1v) is 5.69. The first kappa shape index (κ1) is 13.4. The van der Waals surface area contributed by atoms with Gasteiger partial charge < -0.3 is 15.0 Å². The van der Waals surface area contributed by atoms with E-state index in [9.17, 15) is 8.78 Å². The van der Waals surface area contributed by atoms with E-state index in [-0.39, 0.29) is 17.6 Å². The standard InChI is InChI=1S/C12H13F2N3O2/c1-7(6-15)10-16-11(19-17-10)8-3-2-4-9(5-8)18-12(13)14/h2-5,7,12H,6,15H2,1H3. The van der Waals surface area contributed by atoms with Crippen LogP contribution in [0.1, 0.15) is 18.7 Å². The Balaban J connectivity index is 2.24. The van der Waals surface area contributed by atoms with E-state index in [1.54, 1.807) is 12.1 Å². The predicted octanol–water partition coefficient (Wildman–Crippen LogP) is 2.40. The topological polar surface area (TPSA) is 74.2 Å². The molecule has 0 radical (unpaired) electrons. The molecule has 0 aliphatic rings. The van der Waals surface area contributed by atoms with Crippen LogP contribution in [-0.4, -0.2) is 23.3 Å². The lowest BCUT2D eigenvalue weighted by atomic mass is 10.2. The fraction of sp³-hybridized carbons (Fsp3) is 0.333. The molecule has 2 rings (SSSR count). The second-order valence-corrected chi connectivity index (χ2v) is 4.00. The summed E-state index contributed by atoms with van der Waals surface area (Å²) in [6.07, 6.45) is 0. The van der Waals surface area contributed by atoms with Gasteiger partial charge in [-0.05, 0) is 18.2 Å². The zero-order valence-corrected chi connectivity index (χ0v) is 10.2. The van der Waals surface area contributed by atoms with Gasteiger partial charge in [-0.2, -0.15) is 13.8 Å². The molecule has 0 fully saturated rings. The number of nitrogens with zero attached hydrogens (tertiary/aromatic N) is 2. The SMILES string of the molecule is CC(CN)c1noc(-c2cccc(OC(F)F)c2)n1. The first-order chi connectivity index (χ1) is 9.10. The quantitative estimate of drug-likeness (QED) is 0.902. The zero-order chi connectivity index (χ0) is 13.8. The molecule has 0 aliphatic heterocycles. The van der Waals surface area contributed by atoms with Gasteiger partial charge in [-0.1, -0.05) is 18.1 Å². The monoisotopic (exact) mass is 269 g/mol. The molecule has 2 N–H and O–H groups in total. The van der Waals surface area contributed by atoms with Crippen LogP contribution in [-0.2, 0) is 0 Å². The van der Waals surface area contributed by atoms with E-state index >= 15 is 0 Å². The lowest BCUT2D eigenvalue weighted by Gasteiger charge is -2.04. The Morgan fingerprint density at radius 1 is 1.42 bits per heavy atom. The lowest BCUT2D eigenvalue weighted by Crippen LogP contribution is -2.10. The Hall–Kier alpha value is -2.02. The average molecular weight is 269 g/mol. The molecule has 1 heterocycles. The van der Waals surface area contributed by atoms with Crippen LogP contribution in [0, 0.1) is 0 Å². The molecule has 0 aliphatic carbocycles. The number of halogens is 2. The van der Waals surface area contributed by atoms with Gasteiger partial charge in [0.1, 0.15) is 5.75 Å². The summed E-state index contributed by atoms with van der Waals surface area (Å²) < 4.78 is 33.6. The summed E-state index contributed by atoms with van der Waals surface area (Å²) in [6, 6.07) is 6.08. The lowest BCUT2D eigenvalue weighted by molar-refractivity contribution is -0.0498. The highest BCUT2D eigenvalue weighted by atomic mass is 19.3. The Morgan fingerprint density at radius 2 is 2.21 bits per heavy atom. The van der Waals surface area contributed by atoms with Crippen LogP contribution < -0.4 is 10.5 Å². The molecule has 0 bridgehead atoms. The number of nitrogens with two attached hydrogens (primary N) is 1. The molecule has 5 nitrogen and oxygen atoms in total. The van der Waals surface area contributed by atoms with Gasteiger partial charge in [-0.3, -0.25) is 0 Å². The van der Waals surface area contributed by atoms with Crippen molar-refractivity contribution in [2.45, 2.75) is 19.5 Å². The van der Waals surface area contributed by atoms with Crippen molar-refractivity contribution in [3.05, 3.63) is 30.1 Å². The molecule has 1 aromatic heterocycles. The highest BCUT2D eigenvalue weighted by Crippen LogP contribution is 2.24. The highest BCUT2D eigenvalue weighted by molar-refractivity contribution is 5.55. The third-order valence-electron chi connectivity index (χ3n) is 2.54. The Kier molecular flexibility index (Phi) is 4.06. The molecule has 0 saturated heterocycles. The number of ether oxygens (including phenoxy) is 1. The molecule has 0 saturated carbocycles. The fourth-order valence-corrected chi connectivity index (χ4v) is 1.46. The summed E-state index contributed by atoms with van der Waals surface area (Å²) in [5.74, 6) is 0.741. The van der Waals surface area contributed by atoms with Crippen LogP contribution in [0.3, 0.4) is 0 Å². The van der Waals surface area contributed by atoms with E-state index in [1.807, 2.05) is 6.92 Å². The van der Waals surface area contributed by atoms with E-state index in [0.717, 1.165) is 0 Å². The van der Waals surface area contributed by atoms with Crippen LogP contribution in [0.15, 0.2) is 28.8 Å². The Bertz CT molecular complexity index is 545. The summed E-state index contributed by atoms with van der Waals surface area (Å²) in [4.78, 5) is 4.17. The summed E-state index contributed by atoms with van der Waals surface area (Å²) >= 11 is 0. The summed E-state index contributed by atoms with van der Waals surface area (Å²) in [5, 5.41) is 3.80. The van der Waals surface area contributed by atoms with E-state index < -0.39 is 6.61 Å². The van der Waals surface area contributed by atoms with E-state index in [4.69, 9.17) is 10.3 Å². The molecular formula is C12H13F2N3O2. The van der Waals surface area contributed by atoms with Gasteiger partial charge in [0.2, 0.25) is 0 Å². The van der Waals surface area contributed by atoms with Gasteiger partial charge in [-0.15, -0.1) is 0 Å². The van der Waals surface area contributed by atoms with Gasteiger partial charge >= 0.3 is 6.61 Å². The predicted molar refractivity (Wildman–Crippen MR) is 63.8 cm³/mol. The van der Waals surface area contributed by atoms with E-state index in [2.05, 4.69) is 14.9 Å². The third-order valence-corrected chi connectivity index (χ3v) is 2.54. The van der Waals surface area contributed by atoms with Gasteiger partial charge in [0.05, 0.1) is 0 Å². The average Bonchev–Trinajstić information content (AvgIpc) is 2.87. The van der Waals surface area contributed by atoms with Crippen LogP contribution in [0.2, 0.25) is 0 Å². The number of alkyl halides is 2. The van der Waals surface area contributed by atoms with Crippen molar-refractivity contribution in [3.8, 4) is 17.2 Å². The van der Waals surface area contributed by atoms with Gasteiger partial charge in [0, 0.05) is 18.0 Å². The van der Waals surface area contributed by atoms with Gasteiger partial charge in [0.25, 0.3) is 5.89 Å². The van der Waals surface area contributed by atoms with Crippen LogP contribution in [0.5, 0.6) is 5.75 Å². The maximum absolute atomic E-state index is 12.1. The molecule has 1 unspecified atom stereocenters.